The molecule has 0 aliphatic heterocycles. The van der Waals surface area contributed by atoms with Gasteiger partial charge in [0, 0.05) is 25.9 Å². The zero-order valence-corrected chi connectivity index (χ0v) is 13.8. The number of ether oxygens (including phenoxy) is 1. The first-order valence-corrected chi connectivity index (χ1v) is 7.85. The molecule has 0 saturated carbocycles. The molecule has 0 unspecified atom stereocenters. The molecule has 6 heteroatoms. The van der Waals surface area contributed by atoms with E-state index < -0.39 is 0 Å². The van der Waals surface area contributed by atoms with E-state index in [-0.39, 0.29) is 5.91 Å². The molecular weight excluding hydrogens is 286 g/mol. The quantitative estimate of drug-likeness (QED) is 0.724. The van der Waals surface area contributed by atoms with Gasteiger partial charge in [0.2, 0.25) is 5.91 Å². The first-order chi connectivity index (χ1) is 10.1. The van der Waals surface area contributed by atoms with Crippen LogP contribution in [0.4, 0.5) is 0 Å². The van der Waals surface area contributed by atoms with Crippen LogP contribution < -0.4 is 0 Å². The van der Waals surface area contributed by atoms with Crippen molar-refractivity contribution in [3.05, 3.63) is 22.9 Å². The second kappa shape index (κ2) is 8.65. The van der Waals surface area contributed by atoms with E-state index in [0.29, 0.717) is 36.0 Å². The van der Waals surface area contributed by atoms with Gasteiger partial charge in [0.1, 0.15) is 11.1 Å². The lowest BCUT2D eigenvalue weighted by atomic mass is 10.1. The Morgan fingerprint density at radius 1 is 1.48 bits per heavy atom. The molecule has 0 fully saturated rings. The number of aromatic nitrogens is 1. The van der Waals surface area contributed by atoms with Gasteiger partial charge in [0.25, 0.3) is 0 Å². The van der Waals surface area contributed by atoms with Gasteiger partial charge in [-0.25, -0.2) is 4.98 Å². The highest BCUT2D eigenvalue weighted by atomic mass is 32.2. The number of rotatable bonds is 7. The Labute approximate surface area is 130 Å². The van der Waals surface area contributed by atoms with Crippen LogP contribution in [0.15, 0.2) is 11.1 Å². The van der Waals surface area contributed by atoms with Gasteiger partial charge in [-0.3, -0.25) is 4.79 Å². The van der Waals surface area contributed by atoms with Crippen LogP contribution in [0.3, 0.4) is 0 Å². The smallest absolute Gasteiger partial charge is 0.232 e. The van der Waals surface area contributed by atoms with Crippen LogP contribution in [0.2, 0.25) is 0 Å². The van der Waals surface area contributed by atoms with Gasteiger partial charge in [-0.1, -0.05) is 11.8 Å². The summed E-state index contributed by atoms with van der Waals surface area (Å²) < 4.78 is 5.12. The molecule has 1 amide bonds. The third-order valence-electron chi connectivity index (χ3n) is 3.06. The fraction of sp³-hybridized carbons (Fsp3) is 0.533. The van der Waals surface area contributed by atoms with E-state index in [1.807, 2.05) is 26.8 Å². The van der Waals surface area contributed by atoms with Crippen LogP contribution in [0.5, 0.6) is 0 Å². The van der Waals surface area contributed by atoms with Gasteiger partial charge < -0.3 is 9.64 Å². The molecular formula is C15H21N3O2S. The van der Waals surface area contributed by atoms with E-state index in [0.717, 1.165) is 11.3 Å². The maximum Gasteiger partial charge on any atom is 0.232 e. The highest BCUT2D eigenvalue weighted by Gasteiger charge is 2.15. The van der Waals surface area contributed by atoms with E-state index in [1.165, 1.54) is 11.8 Å². The molecule has 0 bridgehead atoms. The SMILES string of the molecule is CCN(CC)C(=O)CSc1nc(C)cc(COC)c1C#N. The minimum absolute atomic E-state index is 0.0606. The third-order valence-corrected chi connectivity index (χ3v) is 4.02. The average molecular weight is 307 g/mol. The summed E-state index contributed by atoms with van der Waals surface area (Å²) in [5.74, 6) is 0.352. The number of nitriles is 1. The second-order valence-electron chi connectivity index (χ2n) is 4.50. The summed E-state index contributed by atoms with van der Waals surface area (Å²) in [5, 5.41) is 9.93. The Balaban J connectivity index is 2.93. The number of amides is 1. The number of carbonyl (C=O) groups excluding carboxylic acids is 1. The van der Waals surface area contributed by atoms with Crippen molar-refractivity contribution in [2.24, 2.45) is 0 Å². The molecule has 0 spiro atoms. The van der Waals surface area contributed by atoms with Crippen LogP contribution in [-0.4, -0.2) is 41.7 Å². The van der Waals surface area contributed by atoms with Gasteiger partial charge in [0.05, 0.1) is 17.9 Å². The maximum atomic E-state index is 12.0. The Hall–Kier alpha value is -1.58. The average Bonchev–Trinajstić information content (AvgIpc) is 2.46. The predicted molar refractivity (Wildman–Crippen MR) is 83.1 cm³/mol. The number of methoxy groups -OCH3 is 1. The number of carbonyl (C=O) groups is 1. The highest BCUT2D eigenvalue weighted by molar-refractivity contribution is 8.00. The van der Waals surface area contributed by atoms with Crippen molar-refractivity contribution >= 4 is 17.7 Å². The molecule has 0 radical (unpaired) electrons. The number of hydrogen-bond acceptors (Lipinski definition) is 5. The third kappa shape index (κ3) is 4.73. The second-order valence-corrected chi connectivity index (χ2v) is 5.47. The van der Waals surface area contributed by atoms with Crippen LogP contribution >= 0.6 is 11.8 Å². The summed E-state index contributed by atoms with van der Waals surface area (Å²) in [7, 11) is 1.59. The number of thioether (sulfide) groups is 1. The Bertz CT molecular complexity index is 536. The molecule has 0 aromatic carbocycles. The van der Waals surface area contributed by atoms with Crippen molar-refractivity contribution < 1.29 is 9.53 Å². The first-order valence-electron chi connectivity index (χ1n) is 6.87. The number of aryl methyl sites for hydroxylation is 1. The van der Waals surface area contributed by atoms with Gasteiger partial charge in [-0.05, 0) is 32.4 Å². The Morgan fingerprint density at radius 2 is 2.14 bits per heavy atom. The Morgan fingerprint density at radius 3 is 2.67 bits per heavy atom. The number of nitrogens with zero attached hydrogens (tertiary/aromatic N) is 3. The van der Waals surface area contributed by atoms with Crippen LogP contribution in [-0.2, 0) is 16.1 Å². The first kappa shape index (κ1) is 17.5. The molecule has 0 aliphatic rings. The van der Waals surface area contributed by atoms with Crippen molar-refractivity contribution in [2.75, 3.05) is 26.0 Å². The summed E-state index contributed by atoms with van der Waals surface area (Å²) in [6.45, 7) is 7.53. The maximum absolute atomic E-state index is 12.0. The minimum atomic E-state index is 0.0606. The van der Waals surface area contributed by atoms with Crippen molar-refractivity contribution in [1.82, 2.24) is 9.88 Å². The zero-order chi connectivity index (χ0) is 15.8. The molecule has 0 aliphatic carbocycles. The zero-order valence-electron chi connectivity index (χ0n) is 13.0. The fourth-order valence-corrected chi connectivity index (χ4v) is 2.97. The Kier molecular flexibility index (Phi) is 7.20. The lowest BCUT2D eigenvalue weighted by Gasteiger charge is -2.18. The topological polar surface area (TPSA) is 66.2 Å². The summed E-state index contributed by atoms with van der Waals surface area (Å²) in [6, 6.07) is 4.01. The van der Waals surface area contributed by atoms with Crippen LogP contribution in [0, 0.1) is 18.3 Å². The number of pyridine rings is 1. The lowest BCUT2D eigenvalue weighted by Crippen LogP contribution is -2.31. The van der Waals surface area contributed by atoms with E-state index in [4.69, 9.17) is 4.74 Å². The molecule has 114 valence electrons. The molecule has 1 aromatic rings. The summed E-state index contributed by atoms with van der Waals surface area (Å²) in [5.41, 5.74) is 2.13. The van der Waals surface area contributed by atoms with Crippen molar-refractivity contribution in [3.63, 3.8) is 0 Å². The largest absolute Gasteiger partial charge is 0.380 e. The van der Waals surface area contributed by atoms with Crippen LogP contribution in [0.1, 0.15) is 30.7 Å². The summed E-state index contributed by atoms with van der Waals surface area (Å²) in [6.07, 6.45) is 0. The molecule has 1 rings (SSSR count). The summed E-state index contributed by atoms with van der Waals surface area (Å²) >= 11 is 1.31. The summed E-state index contributed by atoms with van der Waals surface area (Å²) in [4.78, 5) is 18.2. The predicted octanol–water partition coefficient (Wildman–Crippen LogP) is 2.37. The van der Waals surface area contributed by atoms with Gasteiger partial charge in [-0.15, -0.1) is 0 Å². The van der Waals surface area contributed by atoms with Gasteiger partial charge in [0.15, 0.2) is 0 Å². The minimum Gasteiger partial charge on any atom is -0.380 e. The van der Waals surface area contributed by atoms with E-state index in [2.05, 4.69) is 11.1 Å². The standard InChI is InChI=1S/C15H21N3O2S/c1-5-18(6-2)14(19)10-21-15-13(8-16)12(9-20-4)7-11(3)17-15/h7H,5-6,9-10H2,1-4H3. The number of hydrogen-bond donors (Lipinski definition) is 0. The molecule has 0 saturated heterocycles. The molecule has 5 nitrogen and oxygen atoms in total. The van der Waals surface area contributed by atoms with Gasteiger partial charge in [-0.2, -0.15) is 5.26 Å². The van der Waals surface area contributed by atoms with Gasteiger partial charge >= 0.3 is 0 Å². The monoisotopic (exact) mass is 307 g/mol. The normalized spacial score (nSPS) is 10.2. The molecule has 1 aromatic heterocycles. The van der Waals surface area contributed by atoms with Crippen molar-refractivity contribution in [2.45, 2.75) is 32.4 Å². The molecule has 0 atom stereocenters. The van der Waals surface area contributed by atoms with E-state index in [1.54, 1.807) is 12.0 Å². The van der Waals surface area contributed by atoms with Crippen molar-refractivity contribution in [1.29, 1.82) is 5.26 Å². The van der Waals surface area contributed by atoms with E-state index in [9.17, 15) is 10.1 Å². The van der Waals surface area contributed by atoms with E-state index >= 15 is 0 Å². The fourth-order valence-electron chi connectivity index (χ4n) is 2.00. The molecule has 1 heterocycles. The molecule has 0 N–H and O–H groups in total. The lowest BCUT2D eigenvalue weighted by molar-refractivity contribution is -0.127. The molecule has 21 heavy (non-hydrogen) atoms. The van der Waals surface area contributed by atoms with Crippen LogP contribution in [0.25, 0.3) is 0 Å². The highest BCUT2D eigenvalue weighted by Crippen LogP contribution is 2.24. The van der Waals surface area contributed by atoms with Crippen molar-refractivity contribution in [3.8, 4) is 6.07 Å².